The number of hydrogen-bond donors (Lipinski definition) is 0. The van der Waals surface area contributed by atoms with E-state index in [2.05, 4.69) is 16.2 Å². The van der Waals surface area contributed by atoms with E-state index in [4.69, 9.17) is 9.26 Å². The first kappa shape index (κ1) is 19.1. The third-order valence-corrected chi connectivity index (χ3v) is 4.95. The maximum Gasteiger partial charge on any atom is 0.263 e. The molecule has 3 aromatic rings. The van der Waals surface area contributed by atoms with Crippen molar-refractivity contribution < 1.29 is 14.1 Å². The summed E-state index contributed by atoms with van der Waals surface area (Å²) in [5.74, 6) is 1.53. The zero-order chi connectivity index (χ0) is 19.4. The molecule has 1 atom stereocenters. The lowest BCUT2D eigenvalue weighted by molar-refractivity contribution is -0.138. The number of hydrogen-bond acceptors (Lipinski definition) is 6. The number of nitrogens with zero attached hydrogens (tertiary/aromatic N) is 3. The van der Waals surface area contributed by atoms with Crippen LogP contribution < -0.4 is 4.74 Å². The predicted octanol–water partition coefficient (Wildman–Crippen LogP) is 4.23. The maximum absolute atomic E-state index is 12.8. The molecule has 0 aliphatic rings. The van der Waals surface area contributed by atoms with Crippen molar-refractivity contribution in [2.45, 2.75) is 40.3 Å². The summed E-state index contributed by atoms with van der Waals surface area (Å²) in [4.78, 5) is 19.8. The van der Waals surface area contributed by atoms with Gasteiger partial charge >= 0.3 is 0 Å². The van der Waals surface area contributed by atoms with Crippen LogP contribution in [0.15, 0.2) is 40.2 Å². The van der Waals surface area contributed by atoms with Crippen molar-refractivity contribution >= 4 is 17.2 Å². The average molecular weight is 385 g/mol. The number of thiophene rings is 1. The van der Waals surface area contributed by atoms with Gasteiger partial charge < -0.3 is 14.2 Å². The van der Waals surface area contributed by atoms with E-state index in [1.54, 1.807) is 23.2 Å². The van der Waals surface area contributed by atoms with E-state index >= 15 is 0 Å². The van der Waals surface area contributed by atoms with Crippen LogP contribution in [0.4, 0.5) is 0 Å². The van der Waals surface area contributed by atoms with Gasteiger partial charge in [0.05, 0.1) is 4.88 Å². The van der Waals surface area contributed by atoms with Gasteiger partial charge in [0.1, 0.15) is 12.3 Å². The number of aryl methyl sites for hydroxylation is 2. The second kappa shape index (κ2) is 8.35. The lowest BCUT2D eigenvalue weighted by atomic mass is 10.1. The summed E-state index contributed by atoms with van der Waals surface area (Å²) in [6.07, 6.45) is -0.606. The lowest BCUT2D eigenvalue weighted by Gasteiger charge is -2.23. The number of likely N-dealkylation sites (N-methyl/N-ethyl adjacent to an activating group) is 1. The van der Waals surface area contributed by atoms with E-state index in [9.17, 15) is 4.79 Å². The normalized spacial score (nSPS) is 12.0. The van der Waals surface area contributed by atoms with Crippen molar-refractivity contribution in [3.05, 3.63) is 52.7 Å². The molecule has 0 N–H and O–H groups in total. The van der Waals surface area contributed by atoms with Crippen molar-refractivity contribution in [2.75, 3.05) is 6.54 Å². The van der Waals surface area contributed by atoms with E-state index in [-0.39, 0.29) is 12.5 Å². The van der Waals surface area contributed by atoms with Crippen molar-refractivity contribution in [1.82, 2.24) is 15.0 Å². The fraction of sp³-hybridized carbons (Fsp3) is 0.350. The second-order valence-electron chi connectivity index (χ2n) is 6.42. The number of carbonyl (C=O) groups excluding carboxylic acids is 1. The van der Waals surface area contributed by atoms with Gasteiger partial charge in [-0.05, 0) is 62.4 Å². The van der Waals surface area contributed by atoms with Crippen LogP contribution >= 0.6 is 11.3 Å². The Labute approximate surface area is 162 Å². The number of benzene rings is 1. The van der Waals surface area contributed by atoms with Crippen LogP contribution in [0.1, 0.15) is 30.9 Å². The Morgan fingerprint density at radius 3 is 2.67 bits per heavy atom. The first-order chi connectivity index (χ1) is 13.0. The van der Waals surface area contributed by atoms with Gasteiger partial charge in [0.25, 0.3) is 5.91 Å². The fourth-order valence-electron chi connectivity index (χ4n) is 2.85. The topological polar surface area (TPSA) is 68.5 Å². The molecular weight excluding hydrogens is 362 g/mol. The standard InChI is InChI=1S/C20H23N3O3S/c1-5-23(12-18-21-19(22-26-18)17-7-6-8-27-17)20(24)15(4)25-16-10-13(2)9-14(3)11-16/h6-11,15H,5,12H2,1-4H3. The summed E-state index contributed by atoms with van der Waals surface area (Å²) in [5, 5.41) is 5.95. The smallest absolute Gasteiger partial charge is 0.263 e. The summed E-state index contributed by atoms with van der Waals surface area (Å²) >= 11 is 1.54. The molecule has 1 aromatic carbocycles. The molecule has 0 spiro atoms. The van der Waals surface area contributed by atoms with Crippen LogP contribution in [0.3, 0.4) is 0 Å². The van der Waals surface area contributed by atoms with Crippen molar-refractivity contribution in [3.8, 4) is 16.5 Å². The van der Waals surface area contributed by atoms with Crippen LogP contribution in [-0.2, 0) is 11.3 Å². The van der Waals surface area contributed by atoms with Gasteiger partial charge in [-0.15, -0.1) is 11.3 Å². The summed E-state index contributed by atoms with van der Waals surface area (Å²) in [6, 6.07) is 9.79. The Kier molecular flexibility index (Phi) is 5.91. The Morgan fingerprint density at radius 2 is 2.04 bits per heavy atom. The molecular formula is C20H23N3O3S. The number of amides is 1. The Hall–Kier alpha value is -2.67. The minimum atomic E-state index is -0.606. The summed E-state index contributed by atoms with van der Waals surface area (Å²) in [7, 11) is 0. The van der Waals surface area contributed by atoms with Crippen LogP contribution in [0.25, 0.3) is 10.7 Å². The summed E-state index contributed by atoms with van der Waals surface area (Å²) in [5.41, 5.74) is 2.20. The zero-order valence-corrected chi connectivity index (χ0v) is 16.7. The highest BCUT2D eigenvalue weighted by atomic mass is 32.1. The third kappa shape index (κ3) is 4.74. The van der Waals surface area contributed by atoms with Gasteiger partial charge in [0.2, 0.25) is 11.7 Å². The molecule has 6 nitrogen and oxygen atoms in total. The van der Waals surface area contributed by atoms with Crippen molar-refractivity contribution in [3.63, 3.8) is 0 Å². The molecule has 1 unspecified atom stereocenters. The number of carbonyl (C=O) groups is 1. The van der Waals surface area contributed by atoms with Gasteiger partial charge in [0, 0.05) is 6.54 Å². The average Bonchev–Trinajstić information content (AvgIpc) is 3.29. The van der Waals surface area contributed by atoms with E-state index in [1.807, 2.05) is 50.4 Å². The van der Waals surface area contributed by atoms with E-state index < -0.39 is 6.10 Å². The Balaban J connectivity index is 1.66. The molecule has 2 aromatic heterocycles. The molecule has 3 rings (SSSR count). The van der Waals surface area contributed by atoms with E-state index in [0.29, 0.717) is 24.0 Å². The number of rotatable bonds is 7. The molecule has 2 heterocycles. The highest BCUT2D eigenvalue weighted by Gasteiger charge is 2.23. The molecule has 0 saturated heterocycles. The zero-order valence-electron chi connectivity index (χ0n) is 15.9. The molecule has 27 heavy (non-hydrogen) atoms. The molecule has 0 aliphatic heterocycles. The largest absolute Gasteiger partial charge is 0.481 e. The molecule has 0 bridgehead atoms. The van der Waals surface area contributed by atoms with Gasteiger partial charge in [-0.2, -0.15) is 4.98 Å². The molecule has 0 saturated carbocycles. The quantitative estimate of drug-likeness (QED) is 0.609. The minimum absolute atomic E-state index is 0.118. The lowest BCUT2D eigenvalue weighted by Crippen LogP contribution is -2.40. The molecule has 7 heteroatoms. The fourth-order valence-corrected chi connectivity index (χ4v) is 3.50. The summed E-state index contributed by atoms with van der Waals surface area (Å²) in [6.45, 7) is 8.47. The number of ether oxygens (including phenoxy) is 1. The van der Waals surface area contributed by atoms with Crippen molar-refractivity contribution in [2.24, 2.45) is 0 Å². The monoisotopic (exact) mass is 385 g/mol. The highest BCUT2D eigenvalue weighted by Crippen LogP contribution is 2.22. The predicted molar refractivity (Wildman–Crippen MR) is 105 cm³/mol. The van der Waals surface area contributed by atoms with Gasteiger partial charge in [0.15, 0.2) is 6.10 Å². The van der Waals surface area contributed by atoms with Crippen LogP contribution in [0.2, 0.25) is 0 Å². The Morgan fingerprint density at radius 1 is 1.30 bits per heavy atom. The molecule has 0 aliphatic carbocycles. The van der Waals surface area contributed by atoms with Gasteiger partial charge in [-0.1, -0.05) is 17.3 Å². The first-order valence-corrected chi connectivity index (χ1v) is 9.74. The highest BCUT2D eigenvalue weighted by molar-refractivity contribution is 7.13. The first-order valence-electron chi connectivity index (χ1n) is 8.86. The molecule has 0 radical (unpaired) electrons. The van der Waals surface area contributed by atoms with E-state index in [1.165, 1.54) is 0 Å². The molecule has 142 valence electrons. The summed E-state index contributed by atoms with van der Waals surface area (Å²) < 4.78 is 11.2. The van der Waals surface area contributed by atoms with Crippen LogP contribution in [-0.4, -0.2) is 33.6 Å². The van der Waals surface area contributed by atoms with Gasteiger partial charge in [-0.25, -0.2) is 0 Å². The van der Waals surface area contributed by atoms with E-state index in [0.717, 1.165) is 16.0 Å². The minimum Gasteiger partial charge on any atom is -0.481 e. The molecule has 0 fully saturated rings. The third-order valence-electron chi connectivity index (χ3n) is 4.08. The SMILES string of the molecule is CCN(Cc1nc(-c2cccs2)no1)C(=O)C(C)Oc1cc(C)cc(C)c1. The van der Waals surface area contributed by atoms with Gasteiger partial charge in [-0.3, -0.25) is 4.79 Å². The second-order valence-corrected chi connectivity index (χ2v) is 7.37. The van der Waals surface area contributed by atoms with Crippen LogP contribution in [0.5, 0.6) is 5.75 Å². The number of aromatic nitrogens is 2. The molecule has 1 amide bonds. The van der Waals surface area contributed by atoms with Crippen molar-refractivity contribution in [1.29, 1.82) is 0 Å². The van der Waals surface area contributed by atoms with Crippen LogP contribution in [0, 0.1) is 13.8 Å². The Bertz CT molecular complexity index is 885. The maximum atomic E-state index is 12.8.